The number of unbranched alkanes of at least 4 members (excludes halogenated alkanes) is 1. The van der Waals surface area contributed by atoms with Gasteiger partial charge in [0.05, 0.1) is 37.0 Å². The van der Waals surface area contributed by atoms with E-state index in [0.717, 1.165) is 24.0 Å². The number of rotatable bonds is 11. The number of aromatic nitrogens is 3. The fraction of sp³-hybridized carbons (Fsp3) is 0.515. The van der Waals surface area contributed by atoms with Gasteiger partial charge in [-0.25, -0.2) is 19.3 Å². The van der Waals surface area contributed by atoms with Crippen molar-refractivity contribution >= 4 is 29.1 Å². The van der Waals surface area contributed by atoms with E-state index in [2.05, 4.69) is 22.2 Å². The number of hydrogen-bond acceptors (Lipinski definition) is 9. The lowest BCUT2D eigenvalue weighted by molar-refractivity contribution is -0.0208. The number of pyridine rings is 1. The quantitative estimate of drug-likeness (QED) is 0.171. The number of aliphatic hydroxyl groups excluding tert-OH is 1. The van der Waals surface area contributed by atoms with Crippen LogP contribution in [0, 0.1) is 18.7 Å². The van der Waals surface area contributed by atoms with E-state index in [1.807, 2.05) is 32.9 Å². The number of aryl methyl sites for hydroxylation is 2. The maximum atomic E-state index is 15.5. The predicted molar refractivity (Wildman–Crippen MR) is 169 cm³/mol. The van der Waals surface area contributed by atoms with Gasteiger partial charge in [-0.2, -0.15) is 4.99 Å². The largest absolute Gasteiger partial charge is 0.475 e. The Hall–Kier alpha value is -3.34. The van der Waals surface area contributed by atoms with Crippen molar-refractivity contribution in [3.8, 4) is 17.1 Å². The molecule has 44 heavy (non-hydrogen) atoms. The lowest BCUT2D eigenvalue weighted by atomic mass is 9.94. The van der Waals surface area contributed by atoms with E-state index >= 15 is 4.39 Å². The second-order valence-corrected chi connectivity index (χ2v) is 12.0. The Balaban J connectivity index is 1.32. The number of aliphatic hydroxyl groups is 1. The van der Waals surface area contributed by atoms with Gasteiger partial charge in [-0.05, 0) is 55.0 Å². The molecule has 0 radical (unpaired) electrons. The van der Waals surface area contributed by atoms with Crippen LogP contribution in [0.15, 0.2) is 35.6 Å². The van der Waals surface area contributed by atoms with Crippen molar-refractivity contribution in [2.45, 2.75) is 90.6 Å². The van der Waals surface area contributed by atoms with Gasteiger partial charge in [-0.1, -0.05) is 51.3 Å². The van der Waals surface area contributed by atoms with Crippen LogP contribution in [0.5, 0.6) is 6.01 Å². The molecule has 9 nitrogen and oxygen atoms in total. The van der Waals surface area contributed by atoms with Crippen molar-refractivity contribution in [2.24, 2.45) is 10.9 Å². The molecule has 1 aliphatic heterocycles. The first kappa shape index (κ1) is 32.1. The number of benzene rings is 1. The minimum atomic E-state index is -0.511. The van der Waals surface area contributed by atoms with Gasteiger partial charge in [-0.15, -0.1) is 0 Å². The second kappa shape index (κ2) is 14.2. The number of aliphatic imine (C=N–C) groups is 1. The standard InChI is InChI=1S/C33H41ClFN5O4/c1-6-8-9-26(41)30-19(4)27(17-43-30)44-28(7-2)39-31-18(3)12-23(34)32(40-31)38-25-11-10-20-13-21(14-24(35)29(20)25)22-15-36-33(42-5)37-16-22/h12-16,19,25-27,30,41H,6-11,17H2,1-5H3,(H,38,40)/t19?,25?,26?,27?,30-/m0/s1. The minimum Gasteiger partial charge on any atom is -0.475 e. The number of anilines is 1. The molecule has 2 N–H and O–H groups in total. The number of hydrogen-bond donors (Lipinski definition) is 2. The fourth-order valence-electron chi connectivity index (χ4n) is 5.93. The molecule has 236 valence electrons. The molecule has 2 aromatic heterocycles. The molecule has 4 unspecified atom stereocenters. The second-order valence-electron chi connectivity index (χ2n) is 11.6. The summed E-state index contributed by atoms with van der Waals surface area (Å²) in [6, 6.07) is 5.26. The Bertz CT molecular complexity index is 1490. The zero-order valence-electron chi connectivity index (χ0n) is 25.9. The average molecular weight is 626 g/mol. The van der Waals surface area contributed by atoms with Crippen LogP contribution < -0.4 is 10.1 Å². The third-order valence-corrected chi connectivity index (χ3v) is 8.76. The molecular formula is C33H41ClFN5O4. The third kappa shape index (κ3) is 6.98. The van der Waals surface area contributed by atoms with Crippen LogP contribution in [-0.4, -0.2) is 58.0 Å². The molecule has 1 aliphatic carbocycles. The predicted octanol–water partition coefficient (Wildman–Crippen LogP) is 7.16. The Kier molecular flexibility index (Phi) is 10.3. The van der Waals surface area contributed by atoms with Gasteiger partial charge in [0.1, 0.15) is 17.7 Å². The molecule has 0 saturated carbocycles. The summed E-state index contributed by atoms with van der Waals surface area (Å²) in [6.45, 7) is 8.42. The van der Waals surface area contributed by atoms with E-state index in [0.29, 0.717) is 71.5 Å². The van der Waals surface area contributed by atoms with Crippen LogP contribution in [0.25, 0.3) is 11.1 Å². The van der Waals surface area contributed by atoms with Crippen molar-refractivity contribution in [1.82, 2.24) is 15.0 Å². The van der Waals surface area contributed by atoms with Gasteiger partial charge in [0.2, 0.25) is 0 Å². The summed E-state index contributed by atoms with van der Waals surface area (Å²) < 4.78 is 32.8. The lowest BCUT2D eigenvalue weighted by Crippen LogP contribution is -2.34. The van der Waals surface area contributed by atoms with Gasteiger partial charge in [0, 0.05) is 35.9 Å². The molecule has 5 rings (SSSR count). The highest BCUT2D eigenvalue weighted by Gasteiger charge is 2.39. The summed E-state index contributed by atoms with van der Waals surface area (Å²) in [5.74, 6) is 1.16. The van der Waals surface area contributed by atoms with Crippen LogP contribution in [0.4, 0.5) is 16.0 Å². The molecule has 5 atom stereocenters. The zero-order valence-corrected chi connectivity index (χ0v) is 26.7. The van der Waals surface area contributed by atoms with E-state index in [9.17, 15) is 5.11 Å². The van der Waals surface area contributed by atoms with Gasteiger partial charge in [0.25, 0.3) is 0 Å². The summed E-state index contributed by atoms with van der Waals surface area (Å²) >= 11 is 6.62. The highest BCUT2D eigenvalue weighted by molar-refractivity contribution is 6.33. The summed E-state index contributed by atoms with van der Waals surface area (Å²) in [7, 11) is 1.50. The topological polar surface area (TPSA) is 111 Å². The number of nitrogens with zero attached hydrogens (tertiary/aromatic N) is 4. The van der Waals surface area contributed by atoms with Gasteiger partial charge in [-0.3, -0.25) is 0 Å². The first-order valence-corrected chi connectivity index (χ1v) is 15.8. The van der Waals surface area contributed by atoms with Gasteiger partial charge < -0.3 is 24.6 Å². The molecule has 11 heteroatoms. The molecule has 1 fully saturated rings. The molecule has 2 aliphatic rings. The van der Waals surface area contributed by atoms with Crippen molar-refractivity contribution in [3.63, 3.8) is 0 Å². The Morgan fingerprint density at radius 1 is 1.23 bits per heavy atom. The average Bonchev–Trinajstić information content (AvgIpc) is 3.60. The molecule has 1 aromatic carbocycles. The lowest BCUT2D eigenvalue weighted by Gasteiger charge is -2.23. The van der Waals surface area contributed by atoms with Crippen LogP contribution in [0.1, 0.15) is 75.6 Å². The maximum absolute atomic E-state index is 15.5. The van der Waals surface area contributed by atoms with Crippen molar-refractivity contribution in [2.75, 3.05) is 19.0 Å². The van der Waals surface area contributed by atoms with E-state index in [1.54, 1.807) is 12.4 Å². The molecule has 0 bridgehead atoms. The maximum Gasteiger partial charge on any atom is 0.316 e. The van der Waals surface area contributed by atoms with Crippen LogP contribution in [0.3, 0.4) is 0 Å². The zero-order chi connectivity index (χ0) is 31.4. The van der Waals surface area contributed by atoms with Crippen molar-refractivity contribution in [3.05, 3.63) is 58.1 Å². The summed E-state index contributed by atoms with van der Waals surface area (Å²) in [6.07, 6.45) is 6.91. The normalized spacial score (nSPS) is 22.1. The van der Waals surface area contributed by atoms with Crippen LogP contribution in [-0.2, 0) is 15.9 Å². The van der Waals surface area contributed by atoms with Crippen LogP contribution >= 0.6 is 11.6 Å². The van der Waals surface area contributed by atoms with Crippen LogP contribution in [0.2, 0.25) is 5.02 Å². The van der Waals surface area contributed by atoms with Gasteiger partial charge >= 0.3 is 6.01 Å². The Morgan fingerprint density at radius 3 is 2.70 bits per heavy atom. The number of methoxy groups -OCH3 is 1. The molecule has 0 spiro atoms. The monoisotopic (exact) mass is 625 g/mol. The Labute approximate surface area is 263 Å². The van der Waals surface area contributed by atoms with E-state index in [1.165, 1.54) is 13.2 Å². The smallest absolute Gasteiger partial charge is 0.316 e. The van der Waals surface area contributed by atoms with E-state index in [-0.39, 0.29) is 36.0 Å². The fourth-order valence-corrected chi connectivity index (χ4v) is 6.19. The number of nitrogens with one attached hydrogen (secondary N) is 1. The molecular weight excluding hydrogens is 585 g/mol. The highest BCUT2D eigenvalue weighted by Crippen LogP contribution is 2.40. The summed E-state index contributed by atoms with van der Waals surface area (Å²) in [5, 5.41) is 14.4. The molecule has 3 heterocycles. The molecule has 0 amide bonds. The SMILES string of the molecule is CCCCC(O)[C@H]1OCC(OC(CC)=Nc2nc(NC3CCc4cc(-c5cnc(OC)nc5)cc(F)c43)c(Cl)cc2C)C1C. The highest BCUT2D eigenvalue weighted by atomic mass is 35.5. The Morgan fingerprint density at radius 2 is 2.00 bits per heavy atom. The van der Waals surface area contributed by atoms with Crippen molar-refractivity contribution < 1.29 is 23.7 Å². The molecule has 3 aromatic rings. The third-order valence-electron chi connectivity index (χ3n) is 8.47. The number of fused-ring (bicyclic) bond motifs is 1. The molecule has 1 saturated heterocycles. The first-order valence-electron chi connectivity index (χ1n) is 15.4. The van der Waals surface area contributed by atoms with E-state index < -0.39 is 6.10 Å². The minimum absolute atomic E-state index is 0.0187. The first-order chi connectivity index (χ1) is 21.2. The van der Waals surface area contributed by atoms with Crippen molar-refractivity contribution in [1.29, 1.82) is 0 Å². The van der Waals surface area contributed by atoms with E-state index in [4.69, 9.17) is 35.8 Å². The van der Waals surface area contributed by atoms with Gasteiger partial charge in [0.15, 0.2) is 11.7 Å². The number of halogens is 2. The summed E-state index contributed by atoms with van der Waals surface area (Å²) in [5.41, 5.74) is 3.74. The number of ether oxygens (including phenoxy) is 3. The summed E-state index contributed by atoms with van der Waals surface area (Å²) in [4.78, 5) is 17.8.